The van der Waals surface area contributed by atoms with Gasteiger partial charge in [0, 0.05) is 18.3 Å². The molecular formula is C18H26N4O3. The van der Waals surface area contributed by atoms with E-state index >= 15 is 0 Å². The Kier molecular flexibility index (Phi) is 6.91. The van der Waals surface area contributed by atoms with Gasteiger partial charge in [-0.1, -0.05) is 33.1 Å². The number of aromatic nitrogens is 1. The van der Waals surface area contributed by atoms with Gasteiger partial charge in [-0.2, -0.15) is 0 Å². The maximum absolute atomic E-state index is 12.4. The van der Waals surface area contributed by atoms with Crippen molar-refractivity contribution in [3.63, 3.8) is 0 Å². The van der Waals surface area contributed by atoms with Gasteiger partial charge in [0.15, 0.2) is 0 Å². The van der Waals surface area contributed by atoms with Gasteiger partial charge in [-0.15, -0.1) is 0 Å². The molecule has 3 N–H and O–H groups in total. The van der Waals surface area contributed by atoms with Crippen molar-refractivity contribution >= 4 is 17.7 Å². The summed E-state index contributed by atoms with van der Waals surface area (Å²) in [5.74, 6) is -1.08. The van der Waals surface area contributed by atoms with Crippen LogP contribution in [0.2, 0.25) is 0 Å². The van der Waals surface area contributed by atoms with Crippen LogP contribution in [0.4, 0.5) is 0 Å². The molecule has 3 amide bonds. The van der Waals surface area contributed by atoms with Crippen molar-refractivity contribution in [1.29, 1.82) is 0 Å². The van der Waals surface area contributed by atoms with Crippen LogP contribution in [0.25, 0.3) is 0 Å². The lowest BCUT2D eigenvalue weighted by molar-refractivity contribution is -0.133. The Balaban J connectivity index is 1.89. The summed E-state index contributed by atoms with van der Waals surface area (Å²) < 4.78 is 0. The summed E-state index contributed by atoms with van der Waals surface area (Å²) in [5, 5.41) is 2.83. The first-order valence-corrected chi connectivity index (χ1v) is 8.79. The largest absolute Gasteiger partial charge is 0.344 e. The number of nitrogens with one attached hydrogen (secondary N) is 3. The van der Waals surface area contributed by atoms with Gasteiger partial charge >= 0.3 is 0 Å². The van der Waals surface area contributed by atoms with Crippen LogP contribution in [0.1, 0.15) is 56.3 Å². The molecule has 25 heavy (non-hydrogen) atoms. The van der Waals surface area contributed by atoms with Gasteiger partial charge in [0.2, 0.25) is 5.91 Å². The van der Waals surface area contributed by atoms with Crippen molar-refractivity contribution in [1.82, 2.24) is 21.2 Å². The van der Waals surface area contributed by atoms with Gasteiger partial charge in [0.05, 0.1) is 5.56 Å². The predicted molar refractivity (Wildman–Crippen MR) is 93.2 cm³/mol. The van der Waals surface area contributed by atoms with Crippen LogP contribution in [0.3, 0.4) is 0 Å². The van der Waals surface area contributed by atoms with Gasteiger partial charge in [-0.05, 0) is 30.9 Å². The van der Waals surface area contributed by atoms with Crippen LogP contribution in [-0.4, -0.2) is 28.7 Å². The number of pyridine rings is 1. The van der Waals surface area contributed by atoms with Crippen molar-refractivity contribution in [3.05, 3.63) is 30.1 Å². The zero-order valence-electron chi connectivity index (χ0n) is 14.7. The quantitative estimate of drug-likeness (QED) is 0.705. The Morgan fingerprint density at radius 2 is 1.84 bits per heavy atom. The molecule has 1 aromatic heterocycles. The molecule has 1 aliphatic rings. The molecule has 0 radical (unpaired) electrons. The maximum atomic E-state index is 12.4. The minimum Gasteiger partial charge on any atom is -0.344 e. The highest BCUT2D eigenvalue weighted by molar-refractivity contribution is 5.96. The first kappa shape index (κ1) is 18.9. The number of hydrogen-bond donors (Lipinski definition) is 3. The highest BCUT2D eigenvalue weighted by atomic mass is 16.2. The second kappa shape index (κ2) is 9.15. The van der Waals surface area contributed by atoms with Crippen molar-refractivity contribution in [2.45, 2.75) is 52.0 Å². The summed E-state index contributed by atoms with van der Waals surface area (Å²) in [5.41, 5.74) is 5.09. The van der Waals surface area contributed by atoms with E-state index < -0.39 is 17.9 Å². The van der Waals surface area contributed by atoms with Crippen LogP contribution < -0.4 is 16.2 Å². The van der Waals surface area contributed by atoms with Crippen molar-refractivity contribution in [2.75, 3.05) is 0 Å². The molecule has 0 aliphatic heterocycles. The molecule has 2 rings (SSSR count). The molecule has 1 atom stereocenters. The normalized spacial score (nSPS) is 16.1. The SMILES string of the molecule is CC(C)[C@H](NC(=O)C1CCCCC1)C(=O)NNC(=O)c1cccnc1. The summed E-state index contributed by atoms with van der Waals surface area (Å²) in [7, 11) is 0. The molecule has 1 saturated carbocycles. The fourth-order valence-electron chi connectivity index (χ4n) is 2.94. The van der Waals surface area contributed by atoms with E-state index in [4.69, 9.17) is 0 Å². The second-order valence-corrected chi connectivity index (χ2v) is 6.75. The minimum atomic E-state index is -0.691. The molecule has 7 heteroatoms. The van der Waals surface area contributed by atoms with Crippen molar-refractivity contribution < 1.29 is 14.4 Å². The lowest BCUT2D eigenvalue weighted by Gasteiger charge is -2.26. The molecule has 0 unspecified atom stereocenters. The number of rotatable bonds is 5. The van der Waals surface area contributed by atoms with Crippen LogP contribution >= 0.6 is 0 Å². The number of hydrazine groups is 1. The van der Waals surface area contributed by atoms with Crippen LogP contribution in [-0.2, 0) is 9.59 Å². The summed E-state index contributed by atoms with van der Waals surface area (Å²) >= 11 is 0. The van der Waals surface area contributed by atoms with Gasteiger partial charge < -0.3 is 5.32 Å². The van der Waals surface area contributed by atoms with Crippen molar-refractivity contribution in [2.24, 2.45) is 11.8 Å². The zero-order chi connectivity index (χ0) is 18.2. The molecule has 1 fully saturated rings. The lowest BCUT2D eigenvalue weighted by atomic mass is 9.88. The number of carbonyl (C=O) groups is 3. The van der Waals surface area contributed by atoms with Crippen molar-refractivity contribution in [3.8, 4) is 0 Å². The predicted octanol–water partition coefficient (Wildman–Crippen LogP) is 1.56. The number of hydrogen-bond acceptors (Lipinski definition) is 4. The Hall–Kier alpha value is -2.44. The summed E-state index contributed by atoms with van der Waals surface area (Å²) in [6.07, 6.45) is 7.98. The summed E-state index contributed by atoms with van der Waals surface area (Å²) in [6, 6.07) is 2.54. The molecule has 7 nitrogen and oxygen atoms in total. The van der Waals surface area contributed by atoms with E-state index in [1.54, 1.807) is 18.3 Å². The van der Waals surface area contributed by atoms with E-state index in [9.17, 15) is 14.4 Å². The average Bonchev–Trinajstić information content (AvgIpc) is 2.64. The first-order valence-electron chi connectivity index (χ1n) is 8.79. The van der Waals surface area contributed by atoms with E-state index in [0.29, 0.717) is 5.56 Å². The number of amides is 3. The Labute approximate surface area is 147 Å². The molecule has 0 saturated heterocycles. The highest BCUT2D eigenvalue weighted by Gasteiger charge is 2.28. The van der Waals surface area contributed by atoms with E-state index in [0.717, 1.165) is 32.1 Å². The van der Waals surface area contributed by atoms with Gasteiger partial charge in [0.25, 0.3) is 11.8 Å². The number of nitrogens with zero attached hydrogens (tertiary/aromatic N) is 1. The van der Waals surface area contributed by atoms with E-state index in [-0.39, 0.29) is 17.7 Å². The molecule has 0 spiro atoms. The third-order valence-corrected chi connectivity index (χ3v) is 4.45. The average molecular weight is 346 g/mol. The van der Waals surface area contributed by atoms with E-state index in [2.05, 4.69) is 21.2 Å². The van der Waals surface area contributed by atoms with Crippen LogP contribution in [0, 0.1) is 11.8 Å². The van der Waals surface area contributed by atoms with Crippen LogP contribution in [0.15, 0.2) is 24.5 Å². The zero-order valence-corrected chi connectivity index (χ0v) is 14.7. The molecule has 1 aliphatic carbocycles. The van der Waals surface area contributed by atoms with Crippen LogP contribution in [0.5, 0.6) is 0 Å². The molecule has 136 valence electrons. The van der Waals surface area contributed by atoms with E-state index in [1.807, 2.05) is 13.8 Å². The monoisotopic (exact) mass is 346 g/mol. The third kappa shape index (κ3) is 5.55. The van der Waals surface area contributed by atoms with Gasteiger partial charge in [0.1, 0.15) is 6.04 Å². The molecule has 1 heterocycles. The third-order valence-electron chi connectivity index (χ3n) is 4.45. The Morgan fingerprint density at radius 3 is 2.44 bits per heavy atom. The maximum Gasteiger partial charge on any atom is 0.271 e. The van der Waals surface area contributed by atoms with Gasteiger partial charge in [-0.3, -0.25) is 30.2 Å². The fraction of sp³-hybridized carbons (Fsp3) is 0.556. The number of carbonyl (C=O) groups excluding carboxylic acids is 3. The molecule has 1 aromatic rings. The highest BCUT2D eigenvalue weighted by Crippen LogP contribution is 2.24. The molecular weight excluding hydrogens is 320 g/mol. The summed E-state index contributed by atoms with van der Waals surface area (Å²) in [6.45, 7) is 3.71. The fourth-order valence-corrected chi connectivity index (χ4v) is 2.94. The smallest absolute Gasteiger partial charge is 0.271 e. The lowest BCUT2D eigenvalue weighted by Crippen LogP contribution is -2.55. The Morgan fingerprint density at radius 1 is 1.12 bits per heavy atom. The van der Waals surface area contributed by atoms with Gasteiger partial charge in [-0.25, -0.2) is 0 Å². The first-order chi connectivity index (χ1) is 12.0. The minimum absolute atomic E-state index is 0.0206. The summed E-state index contributed by atoms with van der Waals surface area (Å²) in [4.78, 5) is 40.6. The second-order valence-electron chi connectivity index (χ2n) is 6.75. The van der Waals surface area contributed by atoms with E-state index in [1.165, 1.54) is 6.20 Å². The molecule has 0 bridgehead atoms. The topological polar surface area (TPSA) is 100 Å². The standard InChI is InChI=1S/C18H26N4O3/c1-12(2)15(20-16(23)13-7-4-3-5-8-13)18(25)22-21-17(24)14-9-6-10-19-11-14/h6,9-13,15H,3-5,7-8H2,1-2H3,(H,20,23)(H,21,24)(H,22,25)/t15-/m0/s1. The Bertz CT molecular complexity index is 598. The molecule has 0 aromatic carbocycles.